The Hall–Kier alpha value is -4.06. The number of urea groups is 1. The molecular formula is C20H16F2N4O5S. The van der Waals surface area contributed by atoms with Gasteiger partial charge in [0.15, 0.2) is 0 Å². The molecule has 3 aromatic rings. The molecule has 2 aromatic carbocycles. The predicted octanol–water partition coefficient (Wildman–Crippen LogP) is 3.02. The van der Waals surface area contributed by atoms with Crippen LogP contribution in [-0.4, -0.2) is 32.4 Å². The largest absolute Gasteiger partial charge is 0.457 e. The summed E-state index contributed by atoms with van der Waals surface area (Å²) in [5.41, 5.74) is 0.379. The van der Waals surface area contributed by atoms with Crippen molar-refractivity contribution >= 4 is 27.6 Å². The Bertz CT molecular complexity index is 1270. The number of ether oxygens (including phenoxy) is 1. The molecule has 0 saturated heterocycles. The molecule has 0 bridgehead atoms. The van der Waals surface area contributed by atoms with Crippen molar-refractivity contribution < 1.29 is 31.5 Å². The normalized spacial score (nSPS) is 10.8. The van der Waals surface area contributed by atoms with Gasteiger partial charge in [0.25, 0.3) is 15.9 Å². The van der Waals surface area contributed by atoms with Crippen molar-refractivity contribution in [3.63, 3.8) is 0 Å². The van der Waals surface area contributed by atoms with Crippen LogP contribution in [0.3, 0.4) is 0 Å². The lowest BCUT2D eigenvalue weighted by atomic mass is 10.3. The minimum absolute atomic E-state index is 0.166. The van der Waals surface area contributed by atoms with E-state index >= 15 is 0 Å². The molecule has 0 aliphatic heterocycles. The SMILES string of the molecule is CNC(=O)c1cc(Oc2ccc(NC(=O)NS(=O)(=O)c3ccc(F)cc3F)cc2)ccn1. The third-order valence-corrected chi connectivity index (χ3v) is 5.31. The van der Waals surface area contributed by atoms with E-state index in [4.69, 9.17) is 4.74 Å². The van der Waals surface area contributed by atoms with Crippen LogP contribution in [0.4, 0.5) is 19.3 Å². The van der Waals surface area contributed by atoms with Crippen molar-refractivity contribution in [1.82, 2.24) is 15.0 Å². The van der Waals surface area contributed by atoms with Gasteiger partial charge in [-0.2, -0.15) is 0 Å². The van der Waals surface area contributed by atoms with Gasteiger partial charge in [-0.3, -0.25) is 9.78 Å². The van der Waals surface area contributed by atoms with Gasteiger partial charge in [0, 0.05) is 31.1 Å². The molecule has 9 nitrogen and oxygen atoms in total. The summed E-state index contributed by atoms with van der Waals surface area (Å²) in [4.78, 5) is 26.7. The standard InChI is InChI=1S/C20H16F2N4O5S/c1-23-19(27)17-11-15(8-9-24-17)31-14-5-3-13(4-6-14)25-20(28)26-32(29,30)18-7-2-12(21)10-16(18)22/h2-11H,1H3,(H,23,27)(H2,25,26,28). The second-order valence-corrected chi connectivity index (χ2v) is 7.87. The van der Waals surface area contributed by atoms with Gasteiger partial charge >= 0.3 is 6.03 Å². The smallest absolute Gasteiger partial charge is 0.333 e. The van der Waals surface area contributed by atoms with E-state index in [1.807, 2.05) is 0 Å². The van der Waals surface area contributed by atoms with E-state index < -0.39 is 32.6 Å². The molecule has 32 heavy (non-hydrogen) atoms. The molecule has 0 unspecified atom stereocenters. The molecule has 3 rings (SSSR count). The second kappa shape index (κ2) is 9.39. The third-order valence-electron chi connectivity index (χ3n) is 3.95. The van der Waals surface area contributed by atoms with Gasteiger partial charge in [0.2, 0.25) is 0 Å². The summed E-state index contributed by atoms with van der Waals surface area (Å²) < 4.78 is 58.2. The number of nitrogens with one attached hydrogen (secondary N) is 3. The van der Waals surface area contributed by atoms with E-state index in [0.717, 1.165) is 6.07 Å². The Morgan fingerprint density at radius 2 is 1.69 bits per heavy atom. The van der Waals surface area contributed by atoms with E-state index in [9.17, 15) is 26.8 Å². The molecule has 12 heteroatoms. The number of rotatable bonds is 6. The first-order valence-corrected chi connectivity index (χ1v) is 10.4. The highest BCUT2D eigenvalue weighted by atomic mass is 32.2. The summed E-state index contributed by atoms with van der Waals surface area (Å²) in [6.07, 6.45) is 1.41. The lowest BCUT2D eigenvalue weighted by molar-refractivity contribution is 0.0957. The molecule has 0 atom stereocenters. The van der Waals surface area contributed by atoms with Crippen LogP contribution in [0.2, 0.25) is 0 Å². The molecule has 0 saturated carbocycles. The van der Waals surface area contributed by atoms with Gasteiger partial charge < -0.3 is 15.4 Å². The lowest BCUT2D eigenvalue weighted by Crippen LogP contribution is -2.34. The molecule has 3 N–H and O–H groups in total. The topological polar surface area (TPSA) is 126 Å². The minimum atomic E-state index is -4.56. The summed E-state index contributed by atoms with van der Waals surface area (Å²) in [6.45, 7) is 0. The monoisotopic (exact) mass is 462 g/mol. The first kappa shape index (κ1) is 22.6. The first-order chi connectivity index (χ1) is 15.2. The first-order valence-electron chi connectivity index (χ1n) is 8.93. The van der Waals surface area contributed by atoms with Crippen molar-refractivity contribution in [3.05, 3.63) is 78.1 Å². The van der Waals surface area contributed by atoms with Gasteiger partial charge in [0.05, 0.1) is 0 Å². The van der Waals surface area contributed by atoms with E-state index in [2.05, 4.69) is 15.6 Å². The maximum Gasteiger partial charge on any atom is 0.333 e. The zero-order valence-corrected chi connectivity index (χ0v) is 17.2. The van der Waals surface area contributed by atoms with Gasteiger partial charge in [-0.1, -0.05) is 0 Å². The number of carbonyl (C=O) groups is 2. The van der Waals surface area contributed by atoms with Crippen LogP contribution in [-0.2, 0) is 10.0 Å². The average molecular weight is 462 g/mol. The molecule has 166 valence electrons. The highest BCUT2D eigenvalue weighted by molar-refractivity contribution is 7.90. The van der Waals surface area contributed by atoms with Gasteiger partial charge in [-0.05, 0) is 42.5 Å². The van der Waals surface area contributed by atoms with E-state index in [1.165, 1.54) is 43.6 Å². The van der Waals surface area contributed by atoms with Crippen LogP contribution >= 0.6 is 0 Å². The number of amides is 3. The van der Waals surface area contributed by atoms with Crippen molar-refractivity contribution in [3.8, 4) is 11.5 Å². The summed E-state index contributed by atoms with van der Waals surface area (Å²) in [6, 6.07) is 9.55. The van der Waals surface area contributed by atoms with Crippen LogP contribution in [0.25, 0.3) is 0 Å². The number of hydrogen-bond donors (Lipinski definition) is 3. The van der Waals surface area contributed by atoms with E-state index in [0.29, 0.717) is 23.6 Å². The fourth-order valence-electron chi connectivity index (χ4n) is 2.50. The Balaban J connectivity index is 1.64. The molecule has 0 aliphatic carbocycles. The number of benzene rings is 2. The van der Waals surface area contributed by atoms with Crippen molar-refractivity contribution in [2.24, 2.45) is 0 Å². The van der Waals surface area contributed by atoms with Crippen molar-refractivity contribution in [2.45, 2.75) is 4.90 Å². The fraction of sp³-hybridized carbons (Fsp3) is 0.0500. The highest BCUT2D eigenvalue weighted by Gasteiger charge is 2.22. The van der Waals surface area contributed by atoms with Gasteiger partial charge in [0.1, 0.15) is 33.7 Å². The van der Waals surface area contributed by atoms with E-state index in [1.54, 1.807) is 10.8 Å². The maximum atomic E-state index is 13.7. The zero-order chi connectivity index (χ0) is 23.3. The number of anilines is 1. The molecule has 1 heterocycles. The molecule has 0 fully saturated rings. The van der Waals surface area contributed by atoms with Crippen LogP contribution in [0.1, 0.15) is 10.5 Å². The number of sulfonamides is 1. The Labute approximate surface area is 181 Å². The van der Waals surface area contributed by atoms with Crippen molar-refractivity contribution in [1.29, 1.82) is 0 Å². The summed E-state index contributed by atoms with van der Waals surface area (Å²) >= 11 is 0. The fourth-order valence-corrected chi connectivity index (χ4v) is 3.46. The summed E-state index contributed by atoms with van der Waals surface area (Å²) in [5.74, 6) is -1.95. The molecular weight excluding hydrogens is 446 g/mol. The Morgan fingerprint density at radius 3 is 2.34 bits per heavy atom. The number of aromatic nitrogens is 1. The minimum Gasteiger partial charge on any atom is -0.457 e. The molecule has 0 radical (unpaired) electrons. The number of hydrogen-bond acceptors (Lipinski definition) is 6. The maximum absolute atomic E-state index is 13.7. The van der Waals surface area contributed by atoms with Crippen LogP contribution in [0.5, 0.6) is 11.5 Å². The predicted molar refractivity (Wildman–Crippen MR) is 110 cm³/mol. The Morgan fingerprint density at radius 1 is 0.969 bits per heavy atom. The number of nitrogens with zero attached hydrogens (tertiary/aromatic N) is 1. The molecule has 0 aliphatic rings. The van der Waals surface area contributed by atoms with Crippen molar-refractivity contribution in [2.75, 3.05) is 12.4 Å². The van der Waals surface area contributed by atoms with Gasteiger partial charge in [-0.15, -0.1) is 0 Å². The van der Waals surface area contributed by atoms with Crippen LogP contribution in [0.15, 0.2) is 65.7 Å². The number of carbonyl (C=O) groups excluding carboxylic acids is 2. The Kier molecular flexibility index (Phi) is 6.64. The number of halogens is 2. The van der Waals surface area contributed by atoms with E-state index in [-0.39, 0.29) is 17.3 Å². The van der Waals surface area contributed by atoms with Crippen LogP contribution in [0, 0.1) is 11.6 Å². The van der Waals surface area contributed by atoms with Crippen LogP contribution < -0.4 is 20.1 Å². The highest BCUT2D eigenvalue weighted by Crippen LogP contribution is 2.23. The van der Waals surface area contributed by atoms with Gasteiger partial charge in [-0.25, -0.2) is 26.7 Å². The zero-order valence-electron chi connectivity index (χ0n) is 16.4. The quantitative estimate of drug-likeness (QED) is 0.517. The summed E-state index contributed by atoms with van der Waals surface area (Å²) in [5, 5.41) is 4.72. The average Bonchev–Trinajstić information content (AvgIpc) is 2.74. The molecule has 3 amide bonds. The molecule has 0 spiro atoms. The third kappa shape index (κ3) is 5.55. The summed E-state index contributed by atoms with van der Waals surface area (Å²) in [7, 11) is -3.08. The number of pyridine rings is 1. The lowest BCUT2D eigenvalue weighted by Gasteiger charge is -2.10. The molecule has 1 aromatic heterocycles. The second-order valence-electron chi connectivity index (χ2n) is 6.22.